The molecule has 1 aromatic carbocycles. The van der Waals surface area contributed by atoms with Gasteiger partial charge in [0.1, 0.15) is 0 Å². The third-order valence-corrected chi connectivity index (χ3v) is 4.51. The van der Waals surface area contributed by atoms with Gasteiger partial charge in [-0.1, -0.05) is 31.9 Å². The van der Waals surface area contributed by atoms with E-state index < -0.39 is 11.0 Å². The zero-order chi connectivity index (χ0) is 16.9. The Kier molecular flexibility index (Phi) is 5.54. The summed E-state index contributed by atoms with van der Waals surface area (Å²) in [6.07, 6.45) is 3.35. The first-order valence-corrected chi connectivity index (χ1v) is 7.84. The summed E-state index contributed by atoms with van der Waals surface area (Å²) in [5.74, 6) is 0. The summed E-state index contributed by atoms with van der Waals surface area (Å²) in [6, 6.07) is 5.82. The molecule has 2 atom stereocenters. The van der Waals surface area contributed by atoms with Gasteiger partial charge in [0, 0.05) is 30.6 Å². The van der Waals surface area contributed by atoms with Crippen LogP contribution in [0.2, 0.25) is 0 Å². The van der Waals surface area contributed by atoms with Gasteiger partial charge >= 0.3 is 6.03 Å². The van der Waals surface area contributed by atoms with Crippen LogP contribution in [0.4, 0.5) is 10.5 Å². The highest BCUT2D eigenvalue weighted by atomic mass is 16.6. The zero-order valence-corrected chi connectivity index (χ0v) is 13.2. The minimum atomic E-state index is -0.463. The van der Waals surface area contributed by atoms with Gasteiger partial charge in [-0.05, 0) is 18.4 Å². The third-order valence-electron chi connectivity index (χ3n) is 4.51. The molecule has 1 saturated carbocycles. The fourth-order valence-electron chi connectivity index (χ4n) is 2.89. The highest BCUT2D eigenvalue weighted by molar-refractivity contribution is 5.73. The van der Waals surface area contributed by atoms with Gasteiger partial charge in [-0.3, -0.25) is 10.1 Å². The second-order valence-electron chi connectivity index (χ2n) is 6.38. The van der Waals surface area contributed by atoms with Crippen LogP contribution in [0.1, 0.15) is 38.2 Å². The lowest BCUT2D eigenvalue weighted by atomic mass is 9.73. The number of aliphatic hydroxyl groups is 1. The van der Waals surface area contributed by atoms with Crippen LogP contribution in [0, 0.1) is 15.5 Å². The molecule has 0 radical (unpaired) electrons. The number of non-ortho nitro benzene ring substituents is 1. The lowest BCUT2D eigenvalue weighted by Gasteiger charge is -2.38. The lowest BCUT2D eigenvalue weighted by molar-refractivity contribution is -0.384. The summed E-state index contributed by atoms with van der Waals surface area (Å²) in [4.78, 5) is 22.1. The summed E-state index contributed by atoms with van der Waals surface area (Å²) >= 11 is 0. The maximum absolute atomic E-state index is 11.9. The number of nitrogens with zero attached hydrogens (tertiary/aromatic N) is 1. The third kappa shape index (κ3) is 4.66. The molecular formula is C16H23N3O4. The van der Waals surface area contributed by atoms with E-state index in [9.17, 15) is 20.0 Å². The fraction of sp³-hybridized carbons (Fsp3) is 0.562. The molecule has 1 aliphatic rings. The van der Waals surface area contributed by atoms with E-state index in [0.717, 1.165) is 25.7 Å². The van der Waals surface area contributed by atoms with Crippen molar-refractivity contribution in [1.29, 1.82) is 0 Å². The number of hydrogen-bond acceptors (Lipinski definition) is 4. The molecule has 2 rings (SSSR count). The van der Waals surface area contributed by atoms with Crippen molar-refractivity contribution in [3.8, 4) is 0 Å². The van der Waals surface area contributed by atoms with Gasteiger partial charge in [-0.25, -0.2) is 4.79 Å². The molecule has 126 valence electrons. The van der Waals surface area contributed by atoms with Crippen molar-refractivity contribution in [2.24, 2.45) is 5.41 Å². The summed E-state index contributed by atoms with van der Waals surface area (Å²) < 4.78 is 0. The van der Waals surface area contributed by atoms with Crippen molar-refractivity contribution in [2.75, 3.05) is 6.54 Å². The molecule has 0 heterocycles. The largest absolute Gasteiger partial charge is 0.392 e. The van der Waals surface area contributed by atoms with Gasteiger partial charge in [0.2, 0.25) is 0 Å². The predicted octanol–water partition coefficient (Wildman–Crippen LogP) is 2.34. The standard InChI is InChI=1S/C16H23N3O4/c1-16(8-3-2-7-14(16)20)11-18-15(21)17-10-12-5-4-6-13(9-12)19(22)23/h4-6,9,14,20H,2-3,7-8,10-11H2,1H3,(H2,17,18,21). The molecular weight excluding hydrogens is 298 g/mol. The van der Waals surface area contributed by atoms with E-state index in [1.54, 1.807) is 12.1 Å². The first-order chi connectivity index (χ1) is 10.9. The molecule has 2 unspecified atom stereocenters. The Balaban J connectivity index is 1.81. The SMILES string of the molecule is CC1(CNC(=O)NCc2cccc([N+](=O)[O-])c2)CCCCC1O. The molecule has 0 bridgehead atoms. The maximum atomic E-state index is 11.9. The van der Waals surface area contributed by atoms with E-state index in [1.165, 1.54) is 12.1 Å². The summed E-state index contributed by atoms with van der Waals surface area (Å²) in [6.45, 7) is 2.61. The minimum Gasteiger partial charge on any atom is -0.392 e. The van der Waals surface area contributed by atoms with Crippen LogP contribution in [0.3, 0.4) is 0 Å². The van der Waals surface area contributed by atoms with E-state index >= 15 is 0 Å². The molecule has 2 amide bonds. The van der Waals surface area contributed by atoms with E-state index in [2.05, 4.69) is 10.6 Å². The number of hydrogen-bond donors (Lipinski definition) is 3. The summed E-state index contributed by atoms with van der Waals surface area (Å²) in [5, 5.41) is 26.3. The molecule has 1 fully saturated rings. The molecule has 0 aliphatic heterocycles. The number of nitrogens with one attached hydrogen (secondary N) is 2. The van der Waals surface area contributed by atoms with Gasteiger partial charge in [0.25, 0.3) is 5.69 Å². The number of nitro benzene ring substituents is 1. The van der Waals surface area contributed by atoms with Crippen LogP contribution in [0.5, 0.6) is 0 Å². The van der Waals surface area contributed by atoms with Crippen LogP contribution in [0.25, 0.3) is 0 Å². The van der Waals surface area contributed by atoms with Crippen LogP contribution < -0.4 is 10.6 Å². The normalized spacial score (nSPS) is 24.0. The lowest BCUT2D eigenvalue weighted by Crippen LogP contribution is -2.47. The molecule has 3 N–H and O–H groups in total. The van der Waals surface area contributed by atoms with Gasteiger partial charge in [0.05, 0.1) is 11.0 Å². The molecule has 0 aromatic heterocycles. The van der Waals surface area contributed by atoms with Gasteiger partial charge in [-0.2, -0.15) is 0 Å². The molecule has 7 nitrogen and oxygen atoms in total. The van der Waals surface area contributed by atoms with Crippen LogP contribution in [0.15, 0.2) is 24.3 Å². The molecule has 1 aliphatic carbocycles. The Labute approximate surface area is 135 Å². The molecule has 0 saturated heterocycles. The van der Waals surface area contributed by atoms with Crippen molar-refractivity contribution in [3.63, 3.8) is 0 Å². The Morgan fingerprint density at radius 3 is 2.91 bits per heavy atom. The molecule has 1 aromatic rings. The van der Waals surface area contributed by atoms with Gasteiger partial charge < -0.3 is 15.7 Å². The van der Waals surface area contributed by atoms with Gasteiger partial charge in [0.15, 0.2) is 0 Å². The first-order valence-electron chi connectivity index (χ1n) is 7.84. The Morgan fingerprint density at radius 1 is 1.43 bits per heavy atom. The van der Waals surface area contributed by atoms with Crippen molar-refractivity contribution >= 4 is 11.7 Å². The van der Waals surface area contributed by atoms with E-state index in [4.69, 9.17) is 0 Å². The Morgan fingerprint density at radius 2 is 2.22 bits per heavy atom. The van der Waals surface area contributed by atoms with Gasteiger partial charge in [-0.15, -0.1) is 0 Å². The average molecular weight is 321 g/mol. The maximum Gasteiger partial charge on any atom is 0.315 e. The first kappa shape index (κ1) is 17.2. The number of amides is 2. The Bertz CT molecular complexity index is 578. The smallest absolute Gasteiger partial charge is 0.315 e. The van der Waals surface area contributed by atoms with Crippen molar-refractivity contribution in [3.05, 3.63) is 39.9 Å². The molecule has 0 spiro atoms. The highest BCUT2D eigenvalue weighted by Gasteiger charge is 2.35. The minimum absolute atomic E-state index is 0.00236. The second kappa shape index (κ2) is 7.41. The summed E-state index contributed by atoms with van der Waals surface area (Å²) in [5.41, 5.74) is 0.377. The monoisotopic (exact) mass is 321 g/mol. The Hall–Kier alpha value is -2.15. The second-order valence-corrected chi connectivity index (χ2v) is 6.38. The number of benzene rings is 1. The van der Waals surface area contributed by atoms with Crippen LogP contribution in [-0.2, 0) is 6.54 Å². The number of carbonyl (C=O) groups excluding carboxylic acids is 1. The quantitative estimate of drug-likeness (QED) is 0.572. The van der Waals surface area contributed by atoms with E-state index in [0.29, 0.717) is 12.1 Å². The fourth-order valence-corrected chi connectivity index (χ4v) is 2.89. The number of nitro groups is 1. The number of aliphatic hydroxyl groups excluding tert-OH is 1. The predicted molar refractivity (Wildman–Crippen MR) is 85.9 cm³/mol. The van der Waals surface area contributed by atoms with Crippen molar-refractivity contribution in [2.45, 2.75) is 45.3 Å². The summed E-state index contributed by atoms with van der Waals surface area (Å²) in [7, 11) is 0. The average Bonchev–Trinajstić information content (AvgIpc) is 2.54. The molecule has 7 heteroatoms. The highest BCUT2D eigenvalue weighted by Crippen LogP contribution is 2.35. The van der Waals surface area contributed by atoms with Crippen molar-refractivity contribution in [1.82, 2.24) is 10.6 Å². The van der Waals surface area contributed by atoms with Crippen LogP contribution in [-0.4, -0.2) is 28.7 Å². The van der Waals surface area contributed by atoms with E-state index in [-0.39, 0.29) is 23.7 Å². The topological polar surface area (TPSA) is 104 Å². The zero-order valence-electron chi connectivity index (χ0n) is 13.2. The van der Waals surface area contributed by atoms with Crippen molar-refractivity contribution < 1.29 is 14.8 Å². The number of carbonyl (C=O) groups is 1. The number of urea groups is 1. The van der Waals surface area contributed by atoms with Crippen LogP contribution >= 0.6 is 0 Å². The number of rotatable bonds is 5. The van der Waals surface area contributed by atoms with E-state index in [1.807, 2.05) is 6.92 Å². The molecule has 23 heavy (non-hydrogen) atoms.